The Morgan fingerprint density at radius 1 is 1.15 bits per heavy atom. The molecule has 0 atom stereocenters. The van der Waals surface area contributed by atoms with Gasteiger partial charge >= 0.3 is 0 Å². The second kappa shape index (κ2) is 9.36. The van der Waals surface area contributed by atoms with Crippen LogP contribution in [0.5, 0.6) is 0 Å². The molecule has 2 aromatic rings. The third-order valence-corrected chi connectivity index (χ3v) is 4.90. The van der Waals surface area contributed by atoms with Gasteiger partial charge in [0.15, 0.2) is 0 Å². The lowest BCUT2D eigenvalue weighted by molar-refractivity contribution is -0.115. The maximum absolute atomic E-state index is 12.9. The van der Waals surface area contributed by atoms with E-state index < -0.39 is 0 Å². The maximum Gasteiger partial charge on any atom is 0.251 e. The van der Waals surface area contributed by atoms with Crippen LogP contribution in [0.25, 0.3) is 11.1 Å². The molecule has 2 aromatic carbocycles. The van der Waals surface area contributed by atoms with E-state index in [-0.39, 0.29) is 5.91 Å². The zero-order valence-corrected chi connectivity index (χ0v) is 17.2. The van der Waals surface area contributed by atoms with E-state index in [0.717, 1.165) is 23.1 Å². The third kappa shape index (κ3) is 4.97. The second-order valence-electron chi connectivity index (χ2n) is 7.24. The first-order valence-electron chi connectivity index (χ1n) is 9.70. The van der Waals surface area contributed by atoms with Crippen LogP contribution < -0.4 is 5.32 Å². The van der Waals surface area contributed by atoms with Crippen molar-refractivity contribution in [2.75, 3.05) is 6.54 Å². The molecule has 0 unspecified atom stereocenters. The fourth-order valence-corrected chi connectivity index (χ4v) is 3.36. The van der Waals surface area contributed by atoms with Gasteiger partial charge in [0.25, 0.3) is 5.91 Å². The smallest absolute Gasteiger partial charge is 0.251 e. The molecule has 0 aliphatic carbocycles. The van der Waals surface area contributed by atoms with Gasteiger partial charge in [-0.1, -0.05) is 81.5 Å². The monoisotopic (exact) mass is 361 g/mol. The van der Waals surface area contributed by atoms with Gasteiger partial charge in [-0.3, -0.25) is 4.79 Å². The highest BCUT2D eigenvalue weighted by Crippen LogP contribution is 2.26. The number of nitrogens with one attached hydrogen (secondary N) is 1. The summed E-state index contributed by atoms with van der Waals surface area (Å²) in [5, 5.41) is 3.06. The van der Waals surface area contributed by atoms with Gasteiger partial charge in [0.2, 0.25) is 0 Å². The summed E-state index contributed by atoms with van der Waals surface area (Å²) >= 11 is 0. The minimum atomic E-state index is -0.0579. The highest BCUT2D eigenvalue weighted by Gasteiger charge is 2.16. The Bertz CT molecular complexity index is 858. The van der Waals surface area contributed by atoms with Crippen molar-refractivity contribution in [2.45, 2.75) is 47.0 Å². The average molecular weight is 362 g/mol. The van der Waals surface area contributed by atoms with Crippen molar-refractivity contribution >= 4 is 17.1 Å². The van der Waals surface area contributed by atoms with Crippen molar-refractivity contribution in [3.8, 4) is 0 Å². The van der Waals surface area contributed by atoms with Crippen LogP contribution in [-0.2, 0) is 11.2 Å². The molecule has 0 saturated heterocycles. The SMILES string of the molecule is C=C(CNC(=O)/C(=C/C)c1ccccc1C(C)C)c1cc(C)ccc1CC. The topological polar surface area (TPSA) is 29.1 Å². The van der Waals surface area contributed by atoms with E-state index >= 15 is 0 Å². The van der Waals surface area contributed by atoms with Crippen LogP contribution in [-0.4, -0.2) is 12.5 Å². The van der Waals surface area contributed by atoms with Crippen molar-refractivity contribution < 1.29 is 4.79 Å². The molecule has 0 aliphatic rings. The van der Waals surface area contributed by atoms with Crippen molar-refractivity contribution in [1.82, 2.24) is 5.32 Å². The fourth-order valence-electron chi connectivity index (χ4n) is 3.36. The van der Waals surface area contributed by atoms with Crippen LogP contribution in [0.4, 0.5) is 0 Å². The number of amides is 1. The van der Waals surface area contributed by atoms with Crippen LogP contribution in [0.1, 0.15) is 61.4 Å². The minimum absolute atomic E-state index is 0.0579. The molecule has 142 valence electrons. The first kappa shape index (κ1) is 20.7. The summed E-state index contributed by atoms with van der Waals surface area (Å²) in [6.45, 7) is 15.1. The second-order valence-corrected chi connectivity index (χ2v) is 7.24. The first-order chi connectivity index (χ1) is 12.9. The Labute approximate surface area is 164 Å². The van der Waals surface area contributed by atoms with Gasteiger partial charge in [0.05, 0.1) is 0 Å². The fraction of sp³-hybridized carbons (Fsp3) is 0.320. The predicted octanol–water partition coefficient (Wildman–Crippen LogP) is 5.91. The van der Waals surface area contributed by atoms with Gasteiger partial charge in [0, 0.05) is 12.1 Å². The quantitative estimate of drug-likeness (QED) is 0.610. The highest BCUT2D eigenvalue weighted by atomic mass is 16.1. The van der Waals surface area contributed by atoms with Crippen LogP contribution in [0.3, 0.4) is 0 Å². The summed E-state index contributed by atoms with van der Waals surface area (Å²) in [7, 11) is 0. The number of carbonyl (C=O) groups is 1. The number of hydrogen-bond acceptors (Lipinski definition) is 1. The molecule has 0 saturated carbocycles. The Hall–Kier alpha value is -2.61. The van der Waals surface area contributed by atoms with Gasteiger partial charge in [-0.25, -0.2) is 0 Å². The molecule has 0 radical (unpaired) electrons. The zero-order valence-electron chi connectivity index (χ0n) is 17.2. The first-order valence-corrected chi connectivity index (χ1v) is 9.70. The number of rotatable bonds is 7. The molecular weight excluding hydrogens is 330 g/mol. The Balaban J connectivity index is 2.17. The molecule has 2 heteroatoms. The maximum atomic E-state index is 12.9. The number of benzene rings is 2. The largest absolute Gasteiger partial charge is 0.348 e. The molecule has 1 amide bonds. The lowest BCUT2D eigenvalue weighted by Crippen LogP contribution is -2.26. The molecule has 0 fully saturated rings. The predicted molar refractivity (Wildman–Crippen MR) is 117 cm³/mol. The zero-order chi connectivity index (χ0) is 20.0. The number of aryl methyl sites for hydroxylation is 2. The van der Waals surface area contributed by atoms with Crippen molar-refractivity contribution in [2.24, 2.45) is 0 Å². The molecule has 27 heavy (non-hydrogen) atoms. The van der Waals surface area contributed by atoms with Crippen molar-refractivity contribution in [3.05, 3.63) is 82.9 Å². The van der Waals surface area contributed by atoms with E-state index in [9.17, 15) is 4.79 Å². The number of carbonyl (C=O) groups excluding carboxylic acids is 1. The Morgan fingerprint density at radius 2 is 1.85 bits per heavy atom. The summed E-state index contributed by atoms with van der Waals surface area (Å²) in [5.74, 6) is 0.302. The summed E-state index contributed by atoms with van der Waals surface area (Å²) < 4.78 is 0. The van der Waals surface area contributed by atoms with Gasteiger partial charge < -0.3 is 5.32 Å². The summed E-state index contributed by atoms with van der Waals surface area (Å²) in [6.07, 6.45) is 2.84. The molecule has 0 aromatic heterocycles. The van der Waals surface area contributed by atoms with E-state index in [1.807, 2.05) is 31.2 Å². The van der Waals surface area contributed by atoms with Gasteiger partial charge in [-0.15, -0.1) is 0 Å². The third-order valence-electron chi connectivity index (χ3n) is 4.90. The lowest BCUT2D eigenvalue weighted by atomic mass is 9.92. The minimum Gasteiger partial charge on any atom is -0.348 e. The molecule has 0 aliphatic heterocycles. The molecular formula is C25H31NO. The van der Waals surface area contributed by atoms with Crippen LogP contribution >= 0.6 is 0 Å². The van der Waals surface area contributed by atoms with E-state index in [4.69, 9.17) is 0 Å². The normalized spacial score (nSPS) is 11.6. The summed E-state index contributed by atoms with van der Waals surface area (Å²) in [5.41, 5.74) is 7.45. The summed E-state index contributed by atoms with van der Waals surface area (Å²) in [6, 6.07) is 14.5. The van der Waals surface area contributed by atoms with E-state index in [1.54, 1.807) is 0 Å². The molecule has 0 spiro atoms. The Kier molecular flexibility index (Phi) is 7.18. The standard InChI is InChI=1S/C25H31NO/c1-7-20-14-13-18(5)15-24(20)19(6)16-26-25(27)21(8-2)23-12-10-9-11-22(23)17(3)4/h8-15,17H,6-7,16H2,1-5H3,(H,26,27)/b21-8+. The number of hydrogen-bond donors (Lipinski definition) is 1. The van der Waals surface area contributed by atoms with E-state index in [0.29, 0.717) is 18.0 Å². The molecule has 1 N–H and O–H groups in total. The number of allylic oxidation sites excluding steroid dienone is 1. The van der Waals surface area contributed by atoms with Gasteiger partial charge in [-0.2, -0.15) is 0 Å². The van der Waals surface area contributed by atoms with Crippen LogP contribution in [0, 0.1) is 6.92 Å². The lowest BCUT2D eigenvalue weighted by Gasteiger charge is -2.17. The summed E-state index contributed by atoms with van der Waals surface area (Å²) in [4.78, 5) is 12.9. The van der Waals surface area contributed by atoms with Gasteiger partial charge in [0.1, 0.15) is 0 Å². The highest BCUT2D eigenvalue weighted by molar-refractivity contribution is 6.20. The van der Waals surface area contributed by atoms with E-state index in [1.165, 1.54) is 16.7 Å². The molecule has 2 rings (SSSR count). The van der Waals surface area contributed by atoms with Crippen LogP contribution in [0.2, 0.25) is 0 Å². The van der Waals surface area contributed by atoms with Crippen LogP contribution in [0.15, 0.2) is 55.1 Å². The van der Waals surface area contributed by atoms with E-state index in [2.05, 4.69) is 63.9 Å². The molecule has 0 bridgehead atoms. The molecule has 0 heterocycles. The average Bonchev–Trinajstić information content (AvgIpc) is 2.66. The van der Waals surface area contributed by atoms with Crippen molar-refractivity contribution in [3.63, 3.8) is 0 Å². The Morgan fingerprint density at radius 3 is 2.48 bits per heavy atom. The van der Waals surface area contributed by atoms with Gasteiger partial charge in [-0.05, 0) is 54.0 Å². The molecule has 2 nitrogen and oxygen atoms in total. The van der Waals surface area contributed by atoms with Crippen molar-refractivity contribution in [1.29, 1.82) is 0 Å².